The van der Waals surface area contributed by atoms with Gasteiger partial charge in [-0.05, 0) is 13.5 Å². The van der Waals surface area contributed by atoms with Gasteiger partial charge in [0, 0.05) is 58.8 Å². The van der Waals surface area contributed by atoms with E-state index in [2.05, 4.69) is 33.8 Å². The lowest BCUT2D eigenvalue weighted by molar-refractivity contribution is 0.0805. The molecule has 0 amide bonds. The van der Waals surface area contributed by atoms with Crippen molar-refractivity contribution in [2.75, 3.05) is 51.2 Å². The summed E-state index contributed by atoms with van der Waals surface area (Å²) in [6.07, 6.45) is 3.89. The second kappa shape index (κ2) is 6.29. The van der Waals surface area contributed by atoms with Crippen molar-refractivity contribution in [1.29, 1.82) is 0 Å². The standard InChI is InChI=1S/C17H27N7/c1-4-5-15-19-16-14(10-18-22(16)3)17(20-15)24-9-8-23-7-6-21(2)11-13(23)12-24/h10,13H,4-9,11-12H2,1-3H3/t13-/m0/s1. The third kappa shape index (κ3) is 2.75. The van der Waals surface area contributed by atoms with E-state index in [1.54, 1.807) is 0 Å². The quantitative estimate of drug-likeness (QED) is 0.828. The number of aromatic nitrogens is 4. The van der Waals surface area contributed by atoms with Gasteiger partial charge in [0.25, 0.3) is 0 Å². The zero-order valence-corrected chi connectivity index (χ0v) is 14.9. The molecule has 7 nitrogen and oxygen atoms in total. The van der Waals surface area contributed by atoms with Crippen LogP contribution in [-0.2, 0) is 13.5 Å². The van der Waals surface area contributed by atoms with E-state index in [9.17, 15) is 0 Å². The summed E-state index contributed by atoms with van der Waals surface area (Å²) < 4.78 is 1.87. The topological polar surface area (TPSA) is 53.3 Å². The van der Waals surface area contributed by atoms with Crippen LogP contribution in [0.15, 0.2) is 6.20 Å². The molecule has 0 unspecified atom stereocenters. The van der Waals surface area contributed by atoms with Crippen LogP contribution >= 0.6 is 0 Å². The second-order valence-electron chi connectivity index (χ2n) is 7.12. The molecule has 0 aromatic carbocycles. The van der Waals surface area contributed by atoms with Gasteiger partial charge in [-0.15, -0.1) is 0 Å². The van der Waals surface area contributed by atoms with Crippen LogP contribution in [0.3, 0.4) is 0 Å². The summed E-state index contributed by atoms with van der Waals surface area (Å²) in [5.74, 6) is 2.01. The number of fused-ring (bicyclic) bond motifs is 2. The van der Waals surface area contributed by atoms with E-state index in [0.29, 0.717) is 6.04 Å². The predicted octanol–water partition coefficient (Wildman–Crippen LogP) is 0.752. The van der Waals surface area contributed by atoms with Gasteiger partial charge in [-0.2, -0.15) is 5.10 Å². The minimum Gasteiger partial charge on any atom is -0.353 e. The van der Waals surface area contributed by atoms with Crippen LogP contribution < -0.4 is 4.90 Å². The van der Waals surface area contributed by atoms with Gasteiger partial charge in [-0.25, -0.2) is 9.97 Å². The molecule has 2 aromatic rings. The lowest BCUT2D eigenvalue weighted by Gasteiger charge is -2.46. The monoisotopic (exact) mass is 329 g/mol. The van der Waals surface area contributed by atoms with Gasteiger partial charge in [0.2, 0.25) is 0 Å². The second-order valence-corrected chi connectivity index (χ2v) is 7.12. The minimum atomic E-state index is 0.591. The average molecular weight is 329 g/mol. The number of nitrogens with zero attached hydrogens (tertiary/aromatic N) is 7. The first-order valence-corrected chi connectivity index (χ1v) is 9.02. The van der Waals surface area contributed by atoms with Gasteiger partial charge in [-0.1, -0.05) is 6.92 Å². The fraction of sp³-hybridized carbons (Fsp3) is 0.706. The Kier molecular flexibility index (Phi) is 4.14. The maximum atomic E-state index is 4.91. The van der Waals surface area contributed by atoms with E-state index < -0.39 is 0 Å². The third-order valence-corrected chi connectivity index (χ3v) is 5.29. The molecule has 1 atom stereocenters. The lowest BCUT2D eigenvalue weighted by atomic mass is 10.1. The summed E-state index contributed by atoms with van der Waals surface area (Å²) in [5, 5.41) is 5.49. The van der Waals surface area contributed by atoms with E-state index >= 15 is 0 Å². The third-order valence-electron chi connectivity index (χ3n) is 5.29. The van der Waals surface area contributed by atoms with Gasteiger partial charge >= 0.3 is 0 Å². The zero-order chi connectivity index (χ0) is 16.7. The van der Waals surface area contributed by atoms with Crippen molar-refractivity contribution in [1.82, 2.24) is 29.5 Å². The molecular formula is C17H27N7. The SMILES string of the molecule is CCCc1nc(N2CCN3CCN(C)C[C@H]3C2)c2cnn(C)c2n1. The normalized spacial score (nSPS) is 23.0. The average Bonchev–Trinajstić information content (AvgIpc) is 2.95. The van der Waals surface area contributed by atoms with Crippen molar-refractivity contribution in [3.63, 3.8) is 0 Å². The van der Waals surface area contributed by atoms with E-state index in [-0.39, 0.29) is 0 Å². The smallest absolute Gasteiger partial charge is 0.163 e. The van der Waals surface area contributed by atoms with Crippen LogP contribution in [0.25, 0.3) is 11.0 Å². The number of rotatable bonds is 3. The fourth-order valence-electron chi connectivity index (χ4n) is 3.93. The number of anilines is 1. The van der Waals surface area contributed by atoms with Crippen LogP contribution in [0.4, 0.5) is 5.82 Å². The Morgan fingerprint density at radius 3 is 2.75 bits per heavy atom. The fourth-order valence-corrected chi connectivity index (χ4v) is 3.93. The lowest BCUT2D eigenvalue weighted by Crippen LogP contribution is -2.61. The van der Waals surface area contributed by atoms with Gasteiger partial charge in [-0.3, -0.25) is 9.58 Å². The summed E-state index contributed by atoms with van der Waals surface area (Å²) in [7, 11) is 4.18. The van der Waals surface area contributed by atoms with Crippen molar-refractivity contribution in [2.45, 2.75) is 25.8 Å². The molecule has 0 radical (unpaired) electrons. The molecule has 4 heterocycles. The van der Waals surface area contributed by atoms with E-state index in [1.807, 2.05) is 17.9 Å². The van der Waals surface area contributed by atoms with Crippen LogP contribution in [0, 0.1) is 0 Å². The largest absolute Gasteiger partial charge is 0.353 e. The first kappa shape index (κ1) is 15.8. The van der Waals surface area contributed by atoms with Gasteiger partial charge in [0.05, 0.1) is 11.6 Å². The molecule has 7 heteroatoms. The molecule has 0 aliphatic carbocycles. The summed E-state index contributed by atoms with van der Waals surface area (Å²) in [5.41, 5.74) is 0.951. The number of likely N-dealkylation sites (N-methyl/N-ethyl adjacent to an activating group) is 1. The molecule has 0 bridgehead atoms. The Labute approximate surface area is 143 Å². The van der Waals surface area contributed by atoms with Crippen molar-refractivity contribution < 1.29 is 0 Å². The van der Waals surface area contributed by atoms with E-state index in [1.165, 1.54) is 13.1 Å². The first-order valence-electron chi connectivity index (χ1n) is 9.02. The molecule has 130 valence electrons. The number of hydrogen-bond donors (Lipinski definition) is 0. The highest BCUT2D eigenvalue weighted by Gasteiger charge is 2.32. The molecule has 24 heavy (non-hydrogen) atoms. The number of hydrogen-bond acceptors (Lipinski definition) is 6. The molecule has 2 aromatic heterocycles. The molecule has 2 saturated heterocycles. The van der Waals surface area contributed by atoms with Crippen LogP contribution in [-0.4, -0.2) is 81.9 Å². The Balaban J connectivity index is 1.67. The molecule has 4 rings (SSSR count). The molecule has 2 aliphatic rings. The van der Waals surface area contributed by atoms with Crippen molar-refractivity contribution >= 4 is 16.9 Å². The Morgan fingerprint density at radius 1 is 1.08 bits per heavy atom. The van der Waals surface area contributed by atoms with Gasteiger partial charge < -0.3 is 9.80 Å². The Hall–Kier alpha value is -1.73. The highest BCUT2D eigenvalue weighted by Crippen LogP contribution is 2.27. The van der Waals surface area contributed by atoms with Crippen LogP contribution in [0.2, 0.25) is 0 Å². The predicted molar refractivity (Wildman–Crippen MR) is 95.4 cm³/mol. The van der Waals surface area contributed by atoms with Crippen molar-refractivity contribution in [3.8, 4) is 0 Å². The number of piperazine rings is 2. The van der Waals surface area contributed by atoms with E-state index in [0.717, 1.165) is 61.7 Å². The maximum Gasteiger partial charge on any atom is 0.163 e. The maximum absolute atomic E-state index is 4.91. The molecule has 2 aliphatic heterocycles. The molecular weight excluding hydrogens is 302 g/mol. The first-order chi connectivity index (χ1) is 11.7. The Morgan fingerprint density at radius 2 is 1.92 bits per heavy atom. The van der Waals surface area contributed by atoms with E-state index in [4.69, 9.17) is 9.97 Å². The number of aryl methyl sites for hydroxylation is 2. The highest BCUT2D eigenvalue weighted by molar-refractivity contribution is 5.87. The summed E-state index contributed by atoms with van der Waals surface area (Å²) in [4.78, 5) is 17.1. The molecule has 2 fully saturated rings. The summed E-state index contributed by atoms with van der Waals surface area (Å²) in [6, 6.07) is 0.591. The van der Waals surface area contributed by atoms with Gasteiger partial charge in [0.1, 0.15) is 11.6 Å². The zero-order valence-electron chi connectivity index (χ0n) is 14.9. The van der Waals surface area contributed by atoms with Crippen LogP contribution in [0.1, 0.15) is 19.2 Å². The minimum absolute atomic E-state index is 0.591. The highest BCUT2D eigenvalue weighted by atomic mass is 15.4. The van der Waals surface area contributed by atoms with Crippen LogP contribution in [0.5, 0.6) is 0 Å². The molecule has 0 spiro atoms. The summed E-state index contributed by atoms with van der Waals surface area (Å²) >= 11 is 0. The molecule has 0 N–H and O–H groups in total. The Bertz CT molecular complexity index is 725. The van der Waals surface area contributed by atoms with Gasteiger partial charge in [0.15, 0.2) is 5.65 Å². The van der Waals surface area contributed by atoms with Crippen molar-refractivity contribution in [2.24, 2.45) is 7.05 Å². The van der Waals surface area contributed by atoms with Crippen molar-refractivity contribution in [3.05, 3.63) is 12.0 Å². The molecule has 0 saturated carbocycles. The summed E-state index contributed by atoms with van der Waals surface area (Å²) in [6.45, 7) is 8.86.